The van der Waals surface area contributed by atoms with E-state index in [1.807, 2.05) is 19.1 Å². The lowest BCUT2D eigenvalue weighted by molar-refractivity contribution is 0.272. The van der Waals surface area contributed by atoms with Gasteiger partial charge in [0.25, 0.3) is 0 Å². The summed E-state index contributed by atoms with van der Waals surface area (Å²) in [5.74, 6) is 1.18. The molecule has 1 N–H and O–H groups in total. The Morgan fingerprint density at radius 3 is 2.31 bits per heavy atom. The Hall–Kier alpha value is -0.730. The average molecular weight is 243 g/mol. The molecule has 1 aromatic rings. The normalized spacial score (nSPS) is 12.9. The molecule has 1 unspecified atom stereocenters. The number of halogens is 1. The zero-order valence-corrected chi connectivity index (χ0v) is 11.0. The molecule has 0 aromatic heterocycles. The summed E-state index contributed by atoms with van der Waals surface area (Å²) in [6, 6.07) is 3.87. The van der Waals surface area contributed by atoms with Gasteiger partial charge in [0.1, 0.15) is 5.75 Å². The highest BCUT2D eigenvalue weighted by atomic mass is 35.5. The van der Waals surface area contributed by atoms with Crippen LogP contribution in [0.2, 0.25) is 5.02 Å². The van der Waals surface area contributed by atoms with Crippen LogP contribution in [0.5, 0.6) is 5.75 Å². The molecule has 0 aliphatic heterocycles. The largest absolute Gasteiger partial charge is 0.495 e. The number of aliphatic hydroxyl groups excluding tert-OH is 1. The van der Waals surface area contributed by atoms with Crippen LogP contribution >= 0.6 is 11.6 Å². The predicted octanol–water partition coefficient (Wildman–Crippen LogP) is 3.57. The zero-order chi connectivity index (χ0) is 12.3. The SMILES string of the molecule is COc1cc(C(C)C)c(C(C)CO)cc1Cl. The summed E-state index contributed by atoms with van der Waals surface area (Å²) in [4.78, 5) is 0. The smallest absolute Gasteiger partial charge is 0.137 e. The quantitative estimate of drug-likeness (QED) is 0.875. The third kappa shape index (κ3) is 2.69. The molecule has 0 amide bonds. The first-order valence-corrected chi connectivity index (χ1v) is 5.87. The average Bonchev–Trinajstić information content (AvgIpc) is 2.27. The van der Waals surface area contributed by atoms with Crippen LogP contribution in [0.1, 0.15) is 43.7 Å². The lowest BCUT2D eigenvalue weighted by atomic mass is 9.90. The molecule has 0 aliphatic carbocycles. The van der Waals surface area contributed by atoms with Gasteiger partial charge in [0.15, 0.2) is 0 Å². The number of rotatable bonds is 4. The van der Waals surface area contributed by atoms with Gasteiger partial charge in [-0.2, -0.15) is 0 Å². The summed E-state index contributed by atoms with van der Waals surface area (Å²) in [6.07, 6.45) is 0. The third-order valence-electron chi connectivity index (χ3n) is 2.78. The number of methoxy groups -OCH3 is 1. The molecule has 0 radical (unpaired) electrons. The van der Waals surface area contributed by atoms with Crippen molar-refractivity contribution >= 4 is 11.6 Å². The number of hydrogen-bond acceptors (Lipinski definition) is 2. The molecule has 0 aliphatic rings. The lowest BCUT2D eigenvalue weighted by Crippen LogP contribution is -2.05. The van der Waals surface area contributed by atoms with Gasteiger partial charge >= 0.3 is 0 Å². The molecule has 1 aromatic carbocycles. The monoisotopic (exact) mass is 242 g/mol. The number of benzene rings is 1. The minimum Gasteiger partial charge on any atom is -0.495 e. The van der Waals surface area contributed by atoms with Crippen LogP contribution in [0.4, 0.5) is 0 Å². The molecule has 0 fully saturated rings. The summed E-state index contributed by atoms with van der Waals surface area (Å²) < 4.78 is 5.21. The molecule has 2 nitrogen and oxygen atoms in total. The first-order chi connectivity index (χ1) is 7.51. The Labute approximate surface area is 102 Å². The van der Waals surface area contributed by atoms with Crippen molar-refractivity contribution in [2.45, 2.75) is 32.6 Å². The molecule has 0 spiro atoms. The van der Waals surface area contributed by atoms with Crippen molar-refractivity contribution in [1.29, 1.82) is 0 Å². The fourth-order valence-electron chi connectivity index (χ4n) is 1.77. The summed E-state index contributed by atoms with van der Waals surface area (Å²) >= 11 is 6.10. The molecule has 1 rings (SSSR count). The van der Waals surface area contributed by atoms with Gasteiger partial charge < -0.3 is 9.84 Å². The number of ether oxygens (including phenoxy) is 1. The van der Waals surface area contributed by atoms with Crippen LogP contribution in [0.15, 0.2) is 12.1 Å². The maximum Gasteiger partial charge on any atom is 0.137 e. The van der Waals surface area contributed by atoms with E-state index < -0.39 is 0 Å². The number of aliphatic hydroxyl groups is 1. The molecule has 1 atom stereocenters. The molecule has 3 heteroatoms. The molecule has 16 heavy (non-hydrogen) atoms. The van der Waals surface area contributed by atoms with Crippen LogP contribution in [0.25, 0.3) is 0 Å². The van der Waals surface area contributed by atoms with Crippen molar-refractivity contribution in [2.24, 2.45) is 0 Å². The van der Waals surface area contributed by atoms with Gasteiger partial charge in [-0.3, -0.25) is 0 Å². The Morgan fingerprint density at radius 1 is 1.25 bits per heavy atom. The number of hydrogen-bond donors (Lipinski definition) is 1. The summed E-state index contributed by atoms with van der Waals surface area (Å²) in [5, 5.41) is 9.84. The summed E-state index contributed by atoms with van der Waals surface area (Å²) in [5.41, 5.74) is 2.28. The Balaban J connectivity index is 3.30. The molecule has 0 bridgehead atoms. The van der Waals surface area contributed by atoms with Gasteiger partial charge in [-0.1, -0.05) is 32.4 Å². The molecule has 0 saturated carbocycles. The zero-order valence-electron chi connectivity index (χ0n) is 10.2. The van der Waals surface area contributed by atoms with Crippen molar-refractivity contribution in [1.82, 2.24) is 0 Å². The summed E-state index contributed by atoms with van der Waals surface area (Å²) in [7, 11) is 1.61. The van der Waals surface area contributed by atoms with Crippen LogP contribution in [0, 0.1) is 0 Å². The Kier molecular flexibility index (Phi) is 4.63. The van der Waals surface area contributed by atoms with E-state index in [2.05, 4.69) is 13.8 Å². The fourth-order valence-corrected chi connectivity index (χ4v) is 2.02. The van der Waals surface area contributed by atoms with E-state index >= 15 is 0 Å². The Morgan fingerprint density at radius 2 is 1.88 bits per heavy atom. The molecule has 90 valence electrons. The van der Waals surface area contributed by atoms with Crippen molar-refractivity contribution in [2.75, 3.05) is 13.7 Å². The fraction of sp³-hybridized carbons (Fsp3) is 0.538. The maximum atomic E-state index is 9.24. The predicted molar refractivity (Wildman–Crippen MR) is 67.6 cm³/mol. The molecule has 0 saturated heterocycles. The maximum absolute atomic E-state index is 9.24. The van der Waals surface area contributed by atoms with Gasteiger partial charge in [-0.25, -0.2) is 0 Å². The van der Waals surface area contributed by atoms with E-state index in [1.165, 1.54) is 5.56 Å². The van der Waals surface area contributed by atoms with E-state index in [4.69, 9.17) is 16.3 Å². The van der Waals surface area contributed by atoms with Crippen molar-refractivity contribution in [3.8, 4) is 5.75 Å². The first-order valence-electron chi connectivity index (χ1n) is 5.49. The Bertz CT molecular complexity index is 361. The summed E-state index contributed by atoms with van der Waals surface area (Å²) in [6.45, 7) is 6.36. The highest BCUT2D eigenvalue weighted by Gasteiger charge is 2.16. The van der Waals surface area contributed by atoms with Crippen molar-refractivity contribution in [3.63, 3.8) is 0 Å². The second-order valence-corrected chi connectivity index (χ2v) is 4.76. The molecular formula is C13H19ClO2. The topological polar surface area (TPSA) is 29.5 Å². The van der Waals surface area contributed by atoms with Crippen LogP contribution < -0.4 is 4.74 Å². The van der Waals surface area contributed by atoms with Crippen LogP contribution in [-0.2, 0) is 0 Å². The third-order valence-corrected chi connectivity index (χ3v) is 3.08. The minimum atomic E-state index is 0.0980. The van der Waals surface area contributed by atoms with E-state index in [0.29, 0.717) is 16.7 Å². The van der Waals surface area contributed by atoms with Gasteiger partial charge in [0.2, 0.25) is 0 Å². The standard InChI is InChI=1S/C13H19ClO2/c1-8(2)10-6-13(16-4)12(14)5-11(10)9(3)7-15/h5-6,8-9,15H,7H2,1-4H3. The van der Waals surface area contributed by atoms with Gasteiger partial charge in [0.05, 0.1) is 12.1 Å². The van der Waals surface area contributed by atoms with E-state index in [9.17, 15) is 5.11 Å². The lowest BCUT2D eigenvalue weighted by Gasteiger charge is -2.19. The second-order valence-electron chi connectivity index (χ2n) is 4.35. The van der Waals surface area contributed by atoms with Gasteiger partial charge in [-0.15, -0.1) is 0 Å². The van der Waals surface area contributed by atoms with Gasteiger partial charge in [-0.05, 0) is 29.2 Å². The molecule has 0 heterocycles. The van der Waals surface area contributed by atoms with E-state index in [0.717, 1.165) is 5.56 Å². The molecular weight excluding hydrogens is 224 g/mol. The van der Waals surface area contributed by atoms with Crippen LogP contribution in [0.3, 0.4) is 0 Å². The minimum absolute atomic E-state index is 0.0980. The van der Waals surface area contributed by atoms with E-state index in [1.54, 1.807) is 7.11 Å². The first kappa shape index (κ1) is 13.3. The second kappa shape index (κ2) is 5.55. The highest BCUT2D eigenvalue weighted by Crippen LogP contribution is 2.35. The highest BCUT2D eigenvalue weighted by molar-refractivity contribution is 6.32. The van der Waals surface area contributed by atoms with Crippen LogP contribution in [-0.4, -0.2) is 18.8 Å². The van der Waals surface area contributed by atoms with Gasteiger partial charge in [0, 0.05) is 12.5 Å². The van der Waals surface area contributed by atoms with E-state index in [-0.39, 0.29) is 12.5 Å². The van der Waals surface area contributed by atoms with Crippen molar-refractivity contribution in [3.05, 3.63) is 28.3 Å². The van der Waals surface area contributed by atoms with Crippen molar-refractivity contribution < 1.29 is 9.84 Å².